The van der Waals surface area contributed by atoms with Gasteiger partial charge in [0.05, 0.1) is 17.0 Å². The molecular weight excluding hydrogens is 352 g/mol. The highest BCUT2D eigenvalue weighted by Crippen LogP contribution is 2.49. The van der Waals surface area contributed by atoms with Gasteiger partial charge in [-0.05, 0) is 48.2 Å². The Kier molecular flexibility index (Phi) is 4.23. The maximum Gasteiger partial charge on any atom is 0.233 e. The van der Waals surface area contributed by atoms with Gasteiger partial charge >= 0.3 is 0 Å². The molecule has 3 nitrogen and oxygen atoms in total. The average Bonchev–Trinajstić information content (AvgIpc) is 3.37. The minimum absolute atomic E-state index is 0.171. The summed E-state index contributed by atoms with van der Waals surface area (Å²) in [6.07, 6.45) is 1.82. The normalized spacial score (nSPS) is 14.8. The van der Waals surface area contributed by atoms with Crippen molar-refractivity contribution in [2.45, 2.75) is 24.8 Å². The van der Waals surface area contributed by atoms with Gasteiger partial charge in [0.25, 0.3) is 0 Å². The fourth-order valence-corrected chi connectivity index (χ4v) is 3.18. The van der Waals surface area contributed by atoms with Crippen LogP contribution < -0.4 is 0 Å². The van der Waals surface area contributed by atoms with E-state index in [9.17, 15) is 4.79 Å². The molecule has 1 aliphatic rings. The monoisotopic (exact) mass is 368 g/mol. The van der Waals surface area contributed by atoms with Crippen LogP contribution in [0.1, 0.15) is 29.5 Å². The van der Waals surface area contributed by atoms with E-state index in [1.165, 1.54) is 0 Å². The summed E-state index contributed by atoms with van der Waals surface area (Å²) in [4.78, 5) is 14.7. The Morgan fingerprint density at radius 3 is 2.30 bits per heavy atom. The highest BCUT2D eigenvalue weighted by molar-refractivity contribution is 9.10. The lowest BCUT2D eigenvalue weighted by Crippen LogP contribution is -2.36. The van der Waals surface area contributed by atoms with E-state index in [-0.39, 0.29) is 11.3 Å². The van der Waals surface area contributed by atoms with Crippen LogP contribution in [0.25, 0.3) is 0 Å². The van der Waals surface area contributed by atoms with Crippen LogP contribution in [0.3, 0.4) is 0 Å². The molecule has 0 unspecified atom stereocenters. The molecule has 0 bridgehead atoms. The molecule has 4 heteroatoms. The molecule has 0 saturated heterocycles. The molecule has 0 radical (unpaired) electrons. The summed E-state index contributed by atoms with van der Waals surface area (Å²) in [7, 11) is 1.85. The largest absolute Gasteiger partial charge is 0.341 e. The van der Waals surface area contributed by atoms with Crippen LogP contribution in [0.5, 0.6) is 0 Å². The van der Waals surface area contributed by atoms with Gasteiger partial charge in [-0.15, -0.1) is 0 Å². The molecule has 3 rings (SSSR count). The van der Waals surface area contributed by atoms with Crippen LogP contribution in [0.15, 0.2) is 53.0 Å². The maximum absolute atomic E-state index is 12.9. The predicted molar refractivity (Wildman–Crippen MR) is 92.7 cm³/mol. The molecule has 0 heterocycles. The molecule has 0 aliphatic heterocycles. The summed E-state index contributed by atoms with van der Waals surface area (Å²) in [6.45, 7) is 0.558. The SMILES string of the molecule is CN(Cc1ccc(C#N)cc1)C(=O)C1(c2ccc(Br)cc2)CC1. The van der Waals surface area contributed by atoms with E-state index in [1.807, 2.05) is 43.4 Å². The first-order valence-electron chi connectivity index (χ1n) is 7.56. The van der Waals surface area contributed by atoms with Crippen LogP contribution in [0.2, 0.25) is 0 Å². The smallest absolute Gasteiger partial charge is 0.233 e. The van der Waals surface area contributed by atoms with Crippen molar-refractivity contribution in [2.24, 2.45) is 0 Å². The number of rotatable bonds is 4. The number of carbonyl (C=O) groups is 1. The number of nitrogens with zero attached hydrogens (tertiary/aromatic N) is 2. The van der Waals surface area contributed by atoms with Crippen LogP contribution in [-0.4, -0.2) is 17.9 Å². The molecule has 116 valence electrons. The van der Waals surface area contributed by atoms with Gasteiger partial charge in [-0.1, -0.05) is 40.2 Å². The van der Waals surface area contributed by atoms with Gasteiger partial charge in [0, 0.05) is 18.1 Å². The number of benzene rings is 2. The molecule has 2 aromatic rings. The molecule has 0 spiro atoms. The number of amides is 1. The number of carbonyl (C=O) groups excluding carboxylic acids is 1. The van der Waals surface area contributed by atoms with E-state index in [1.54, 1.807) is 17.0 Å². The second kappa shape index (κ2) is 6.17. The quantitative estimate of drug-likeness (QED) is 0.817. The summed E-state index contributed by atoms with van der Waals surface area (Å²) in [5.41, 5.74) is 2.42. The topological polar surface area (TPSA) is 44.1 Å². The Balaban J connectivity index is 1.74. The summed E-state index contributed by atoms with van der Waals surface area (Å²) in [5.74, 6) is 0.171. The minimum atomic E-state index is -0.345. The van der Waals surface area contributed by atoms with Crippen molar-refractivity contribution in [1.82, 2.24) is 4.90 Å². The Morgan fingerprint density at radius 2 is 1.78 bits per heavy atom. The maximum atomic E-state index is 12.9. The van der Waals surface area contributed by atoms with Gasteiger partial charge < -0.3 is 4.90 Å². The Morgan fingerprint density at radius 1 is 1.17 bits per heavy atom. The van der Waals surface area contributed by atoms with E-state index in [0.29, 0.717) is 12.1 Å². The summed E-state index contributed by atoms with van der Waals surface area (Å²) in [5, 5.41) is 8.84. The first-order valence-corrected chi connectivity index (χ1v) is 8.35. The summed E-state index contributed by atoms with van der Waals surface area (Å²) < 4.78 is 1.02. The first-order chi connectivity index (χ1) is 11.0. The fourth-order valence-electron chi connectivity index (χ4n) is 2.92. The van der Waals surface area contributed by atoms with Crippen molar-refractivity contribution >= 4 is 21.8 Å². The minimum Gasteiger partial charge on any atom is -0.341 e. The Hall–Kier alpha value is -2.12. The van der Waals surface area contributed by atoms with Gasteiger partial charge in [-0.3, -0.25) is 4.79 Å². The average molecular weight is 369 g/mol. The number of hydrogen-bond donors (Lipinski definition) is 0. The molecule has 1 aliphatic carbocycles. The van der Waals surface area contributed by atoms with Crippen LogP contribution >= 0.6 is 15.9 Å². The Bertz CT molecular complexity index is 755. The first kappa shape index (κ1) is 15.8. The number of halogens is 1. The fraction of sp³-hybridized carbons (Fsp3) is 0.263. The number of hydrogen-bond acceptors (Lipinski definition) is 2. The number of nitriles is 1. The lowest BCUT2D eigenvalue weighted by atomic mass is 9.94. The van der Waals surface area contributed by atoms with Crippen molar-refractivity contribution in [2.75, 3.05) is 7.05 Å². The third-order valence-electron chi connectivity index (χ3n) is 4.41. The van der Waals surface area contributed by atoms with Gasteiger partial charge in [0.15, 0.2) is 0 Å². The molecule has 23 heavy (non-hydrogen) atoms. The van der Waals surface area contributed by atoms with Gasteiger partial charge in [0.2, 0.25) is 5.91 Å². The molecule has 0 aromatic heterocycles. The molecule has 1 amide bonds. The van der Waals surface area contributed by atoms with Gasteiger partial charge in [-0.25, -0.2) is 0 Å². The van der Waals surface area contributed by atoms with Crippen LogP contribution in [0, 0.1) is 11.3 Å². The van der Waals surface area contributed by atoms with Crippen LogP contribution in [-0.2, 0) is 16.8 Å². The van der Waals surface area contributed by atoms with Crippen molar-refractivity contribution in [3.63, 3.8) is 0 Å². The van der Waals surface area contributed by atoms with E-state index in [0.717, 1.165) is 28.4 Å². The summed E-state index contributed by atoms with van der Waals surface area (Å²) in [6, 6.07) is 17.5. The molecule has 1 saturated carbocycles. The van der Waals surface area contributed by atoms with Crippen molar-refractivity contribution in [3.05, 3.63) is 69.7 Å². The number of likely N-dealkylation sites (N-methyl/N-ethyl adjacent to an activating group) is 1. The molecule has 1 fully saturated rings. The molecular formula is C19H17BrN2O. The highest BCUT2D eigenvalue weighted by Gasteiger charge is 2.52. The second-order valence-electron chi connectivity index (χ2n) is 6.06. The highest BCUT2D eigenvalue weighted by atomic mass is 79.9. The van der Waals surface area contributed by atoms with Gasteiger partial charge in [0.1, 0.15) is 0 Å². The molecule has 0 atom stereocenters. The predicted octanol–water partition coefficient (Wildman–Crippen LogP) is 4.01. The third kappa shape index (κ3) is 3.16. The third-order valence-corrected chi connectivity index (χ3v) is 4.93. The van der Waals surface area contributed by atoms with E-state index in [2.05, 4.69) is 22.0 Å². The zero-order valence-corrected chi connectivity index (χ0v) is 14.5. The summed E-state index contributed by atoms with van der Waals surface area (Å²) >= 11 is 3.44. The zero-order valence-electron chi connectivity index (χ0n) is 12.9. The van der Waals surface area contributed by atoms with Crippen LogP contribution in [0.4, 0.5) is 0 Å². The van der Waals surface area contributed by atoms with E-state index in [4.69, 9.17) is 5.26 Å². The zero-order chi connectivity index (χ0) is 16.4. The second-order valence-corrected chi connectivity index (χ2v) is 6.97. The lowest BCUT2D eigenvalue weighted by molar-refractivity contribution is -0.133. The lowest BCUT2D eigenvalue weighted by Gasteiger charge is -2.24. The molecule has 2 aromatic carbocycles. The Labute approximate surface area is 144 Å². The van der Waals surface area contributed by atoms with Crippen molar-refractivity contribution < 1.29 is 4.79 Å². The molecule has 0 N–H and O–H groups in total. The van der Waals surface area contributed by atoms with Crippen molar-refractivity contribution in [1.29, 1.82) is 5.26 Å². The van der Waals surface area contributed by atoms with Crippen molar-refractivity contribution in [3.8, 4) is 6.07 Å². The van der Waals surface area contributed by atoms with E-state index < -0.39 is 0 Å². The standard InChI is InChI=1S/C19H17BrN2O/c1-22(13-15-4-2-14(12-21)3-5-15)18(23)19(10-11-19)16-6-8-17(20)9-7-16/h2-9H,10-11,13H2,1H3. The van der Waals surface area contributed by atoms with E-state index >= 15 is 0 Å². The van der Waals surface area contributed by atoms with Gasteiger partial charge in [-0.2, -0.15) is 5.26 Å².